The molecule has 3 heteroatoms. The fourth-order valence-corrected chi connectivity index (χ4v) is 4.07. The molecule has 0 bridgehead atoms. The van der Waals surface area contributed by atoms with Gasteiger partial charge in [0.25, 0.3) is 0 Å². The van der Waals surface area contributed by atoms with Gasteiger partial charge in [0, 0.05) is 24.2 Å². The fraction of sp³-hybridized carbons (Fsp3) is 0.846. The molecular formula is C13H18O3. The van der Waals surface area contributed by atoms with Gasteiger partial charge < -0.3 is 4.74 Å². The third-order valence-electron chi connectivity index (χ3n) is 5.04. The van der Waals surface area contributed by atoms with E-state index in [1.165, 1.54) is 0 Å². The molecule has 0 aromatic heterocycles. The summed E-state index contributed by atoms with van der Waals surface area (Å²) in [4.78, 5) is 23.2. The molecule has 0 radical (unpaired) electrons. The third kappa shape index (κ3) is 1.26. The van der Waals surface area contributed by atoms with Crippen LogP contribution in [-0.4, -0.2) is 17.9 Å². The van der Waals surface area contributed by atoms with Gasteiger partial charge in [0.05, 0.1) is 0 Å². The lowest BCUT2D eigenvalue weighted by atomic mass is 9.61. The summed E-state index contributed by atoms with van der Waals surface area (Å²) in [5.74, 6) is 1.30. The van der Waals surface area contributed by atoms with Crippen LogP contribution in [-0.2, 0) is 14.3 Å². The fourth-order valence-electron chi connectivity index (χ4n) is 4.07. The van der Waals surface area contributed by atoms with Crippen LogP contribution in [0.2, 0.25) is 0 Å². The molecule has 0 aromatic rings. The van der Waals surface area contributed by atoms with E-state index >= 15 is 0 Å². The molecule has 0 N–H and O–H groups in total. The second-order valence-corrected chi connectivity index (χ2v) is 5.76. The molecule has 3 rings (SSSR count). The molecular weight excluding hydrogens is 204 g/mol. The van der Waals surface area contributed by atoms with Crippen molar-refractivity contribution in [1.29, 1.82) is 0 Å². The van der Waals surface area contributed by atoms with Gasteiger partial charge in [-0.25, -0.2) is 0 Å². The van der Waals surface area contributed by atoms with Crippen molar-refractivity contribution >= 4 is 11.8 Å². The summed E-state index contributed by atoms with van der Waals surface area (Å²) in [6, 6.07) is 0. The van der Waals surface area contributed by atoms with Crippen LogP contribution in [0.5, 0.6) is 0 Å². The number of carbonyl (C=O) groups excluding carboxylic acids is 2. The van der Waals surface area contributed by atoms with Gasteiger partial charge in [-0.1, -0.05) is 6.92 Å². The lowest BCUT2D eigenvalue weighted by Gasteiger charge is -2.46. The van der Waals surface area contributed by atoms with Gasteiger partial charge >= 0.3 is 5.97 Å². The molecule has 2 aliphatic carbocycles. The molecule has 88 valence electrons. The van der Waals surface area contributed by atoms with Crippen LogP contribution in [0.1, 0.15) is 45.4 Å². The van der Waals surface area contributed by atoms with Crippen molar-refractivity contribution in [2.24, 2.45) is 17.3 Å². The molecule has 2 saturated carbocycles. The summed E-state index contributed by atoms with van der Waals surface area (Å²) < 4.78 is 5.43. The number of ketones is 1. The highest BCUT2D eigenvalue weighted by Gasteiger charge is 2.55. The number of Topliss-reactive ketones (excluding diaryl/α,β-unsaturated/α-hetero) is 1. The van der Waals surface area contributed by atoms with Crippen LogP contribution in [0.4, 0.5) is 0 Å². The Labute approximate surface area is 95.5 Å². The van der Waals surface area contributed by atoms with E-state index in [0.29, 0.717) is 24.0 Å². The minimum absolute atomic E-state index is 0.0471. The van der Waals surface area contributed by atoms with Crippen LogP contribution in [0.25, 0.3) is 0 Å². The van der Waals surface area contributed by atoms with Crippen LogP contribution >= 0.6 is 0 Å². The SMILES string of the molecule is CC12CCC3OC(=O)CCC3C1CCC2=O. The maximum atomic E-state index is 12.0. The van der Waals surface area contributed by atoms with Gasteiger partial charge in [-0.2, -0.15) is 0 Å². The summed E-state index contributed by atoms with van der Waals surface area (Å²) >= 11 is 0. The Hall–Kier alpha value is -0.860. The Morgan fingerprint density at radius 1 is 1.19 bits per heavy atom. The van der Waals surface area contributed by atoms with E-state index in [0.717, 1.165) is 32.1 Å². The first kappa shape index (κ1) is 10.3. The standard InChI is InChI=1S/C13H18O3/c1-13-7-6-10-8(2-5-12(15)16-10)9(13)3-4-11(13)14/h8-10H,2-7H2,1H3. The van der Waals surface area contributed by atoms with Gasteiger partial charge in [0.1, 0.15) is 11.9 Å². The summed E-state index contributed by atoms with van der Waals surface area (Å²) in [5.41, 5.74) is -0.106. The van der Waals surface area contributed by atoms with E-state index in [4.69, 9.17) is 4.74 Å². The van der Waals surface area contributed by atoms with Gasteiger partial charge in [0.15, 0.2) is 0 Å². The molecule has 1 aliphatic heterocycles. The second kappa shape index (κ2) is 3.31. The van der Waals surface area contributed by atoms with E-state index < -0.39 is 0 Å². The number of ether oxygens (including phenoxy) is 1. The Balaban J connectivity index is 1.87. The average molecular weight is 222 g/mol. The van der Waals surface area contributed by atoms with Crippen LogP contribution in [0.3, 0.4) is 0 Å². The van der Waals surface area contributed by atoms with E-state index in [9.17, 15) is 9.59 Å². The smallest absolute Gasteiger partial charge is 0.306 e. The molecule has 3 fully saturated rings. The zero-order valence-corrected chi connectivity index (χ0v) is 9.70. The van der Waals surface area contributed by atoms with Crippen LogP contribution in [0, 0.1) is 17.3 Å². The molecule has 0 spiro atoms. The van der Waals surface area contributed by atoms with Gasteiger partial charge in [0.2, 0.25) is 0 Å². The largest absolute Gasteiger partial charge is 0.462 e. The highest BCUT2D eigenvalue weighted by molar-refractivity contribution is 5.87. The number of rotatable bonds is 0. The quantitative estimate of drug-likeness (QED) is 0.589. The lowest BCUT2D eigenvalue weighted by Crippen LogP contribution is -2.47. The zero-order valence-electron chi connectivity index (χ0n) is 9.70. The molecule has 3 aliphatic rings. The molecule has 3 nitrogen and oxygen atoms in total. The number of esters is 1. The first-order chi connectivity index (χ1) is 7.61. The minimum atomic E-state index is -0.106. The zero-order chi connectivity index (χ0) is 11.3. The highest BCUT2D eigenvalue weighted by Crippen LogP contribution is 2.55. The van der Waals surface area contributed by atoms with Crippen molar-refractivity contribution in [3.8, 4) is 0 Å². The second-order valence-electron chi connectivity index (χ2n) is 5.76. The molecule has 4 atom stereocenters. The molecule has 4 unspecified atom stereocenters. The third-order valence-corrected chi connectivity index (χ3v) is 5.04. The van der Waals surface area contributed by atoms with Gasteiger partial charge in [-0.05, 0) is 31.6 Å². The highest BCUT2D eigenvalue weighted by atomic mass is 16.5. The average Bonchev–Trinajstić information content (AvgIpc) is 2.56. The van der Waals surface area contributed by atoms with Crippen molar-refractivity contribution < 1.29 is 14.3 Å². The number of hydrogen-bond donors (Lipinski definition) is 0. The predicted molar refractivity (Wildman–Crippen MR) is 57.7 cm³/mol. The van der Waals surface area contributed by atoms with Crippen molar-refractivity contribution in [1.82, 2.24) is 0 Å². The molecule has 1 saturated heterocycles. The topological polar surface area (TPSA) is 43.4 Å². The van der Waals surface area contributed by atoms with E-state index in [-0.39, 0.29) is 17.5 Å². The first-order valence-electron chi connectivity index (χ1n) is 6.34. The van der Waals surface area contributed by atoms with E-state index in [1.54, 1.807) is 0 Å². The predicted octanol–water partition coefficient (Wildman–Crippen LogP) is 2.09. The number of carbonyl (C=O) groups is 2. The molecule has 1 heterocycles. The van der Waals surface area contributed by atoms with Crippen LogP contribution in [0.15, 0.2) is 0 Å². The van der Waals surface area contributed by atoms with E-state index in [1.807, 2.05) is 0 Å². The van der Waals surface area contributed by atoms with E-state index in [2.05, 4.69) is 6.92 Å². The maximum Gasteiger partial charge on any atom is 0.306 e. The van der Waals surface area contributed by atoms with Crippen molar-refractivity contribution in [3.63, 3.8) is 0 Å². The van der Waals surface area contributed by atoms with Crippen LogP contribution < -0.4 is 0 Å². The Morgan fingerprint density at radius 2 is 2.00 bits per heavy atom. The molecule has 16 heavy (non-hydrogen) atoms. The molecule has 0 aromatic carbocycles. The monoisotopic (exact) mass is 222 g/mol. The summed E-state index contributed by atoms with van der Waals surface area (Å²) in [7, 11) is 0. The summed E-state index contributed by atoms with van der Waals surface area (Å²) in [6.07, 6.45) is 5.11. The molecule has 0 amide bonds. The normalized spacial score (nSPS) is 47.2. The van der Waals surface area contributed by atoms with Gasteiger partial charge in [-0.3, -0.25) is 9.59 Å². The Kier molecular flexibility index (Phi) is 2.13. The number of fused-ring (bicyclic) bond motifs is 3. The lowest BCUT2D eigenvalue weighted by molar-refractivity contribution is -0.168. The number of hydrogen-bond acceptors (Lipinski definition) is 3. The maximum absolute atomic E-state index is 12.0. The Bertz CT molecular complexity index is 349. The minimum Gasteiger partial charge on any atom is -0.462 e. The Morgan fingerprint density at radius 3 is 2.81 bits per heavy atom. The first-order valence-corrected chi connectivity index (χ1v) is 6.34. The van der Waals surface area contributed by atoms with Crippen molar-refractivity contribution in [2.45, 2.75) is 51.6 Å². The van der Waals surface area contributed by atoms with Crippen molar-refractivity contribution in [3.05, 3.63) is 0 Å². The summed E-state index contributed by atoms with van der Waals surface area (Å²) in [6.45, 7) is 2.12. The van der Waals surface area contributed by atoms with Crippen molar-refractivity contribution in [2.75, 3.05) is 0 Å². The van der Waals surface area contributed by atoms with Gasteiger partial charge in [-0.15, -0.1) is 0 Å². The summed E-state index contributed by atoms with van der Waals surface area (Å²) in [5, 5.41) is 0.